The molecule has 5 nitrogen and oxygen atoms in total. The van der Waals surface area contributed by atoms with Crippen molar-refractivity contribution in [2.24, 2.45) is 5.92 Å². The van der Waals surface area contributed by atoms with Gasteiger partial charge in [-0.05, 0) is 73.9 Å². The smallest absolute Gasteiger partial charge is 0.224 e. The minimum absolute atomic E-state index is 0.108. The van der Waals surface area contributed by atoms with Crippen molar-refractivity contribution >= 4 is 36.0 Å². The Morgan fingerprint density at radius 1 is 1.33 bits per heavy atom. The van der Waals surface area contributed by atoms with Crippen LogP contribution >= 0.6 is 19.9 Å². The van der Waals surface area contributed by atoms with Gasteiger partial charge in [0, 0.05) is 32.0 Å². The van der Waals surface area contributed by atoms with E-state index in [9.17, 15) is 4.79 Å². The molecule has 33 heavy (non-hydrogen) atoms. The van der Waals surface area contributed by atoms with Gasteiger partial charge in [0.05, 0.1) is 26.7 Å². The number of pyridine rings is 2. The first-order valence-electron chi connectivity index (χ1n) is 12.1. The molecular weight excluding hydrogens is 447 g/mol. The Morgan fingerprint density at radius 3 is 2.97 bits per heavy atom. The maximum atomic E-state index is 12.5. The van der Waals surface area contributed by atoms with E-state index in [4.69, 9.17) is 4.98 Å². The third kappa shape index (κ3) is 5.98. The third-order valence-corrected chi connectivity index (χ3v) is 8.57. The molecule has 0 bridgehead atoms. The lowest BCUT2D eigenvalue weighted by atomic mass is 9.97. The monoisotopic (exact) mass is 482 g/mol. The third-order valence-electron chi connectivity index (χ3n) is 6.62. The molecule has 0 aromatic carbocycles. The molecule has 0 aliphatic carbocycles. The second-order valence-corrected chi connectivity index (χ2v) is 11.3. The van der Waals surface area contributed by atoms with Crippen molar-refractivity contribution in [3.05, 3.63) is 47.8 Å². The van der Waals surface area contributed by atoms with E-state index in [1.807, 2.05) is 12.4 Å². The predicted octanol–water partition coefficient (Wildman–Crippen LogP) is 5.51. The van der Waals surface area contributed by atoms with Crippen LogP contribution < -0.4 is 5.32 Å². The van der Waals surface area contributed by atoms with Crippen molar-refractivity contribution < 1.29 is 4.79 Å². The number of thiophene rings is 1. The SMILES string of the molecule is CCC(C)c1ccnc2cc(-c3ccc(CN4CCC[C@H](C(=O)NCCPC)C4)cn3)sc12. The zero-order valence-electron chi connectivity index (χ0n) is 19.9. The van der Waals surface area contributed by atoms with Crippen molar-refractivity contribution in [2.75, 3.05) is 32.5 Å². The lowest BCUT2D eigenvalue weighted by Crippen LogP contribution is -2.43. The van der Waals surface area contributed by atoms with Gasteiger partial charge in [-0.1, -0.05) is 19.9 Å². The van der Waals surface area contributed by atoms with Crippen molar-refractivity contribution in [1.29, 1.82) is 0 Å². The highest BCUT2D eigenvalue weighted by molar-refractivity contribution is 7.37. The second-order valence-electron chi connectivity index (χ2n) is 9.06. The van der Waals surface area contributed by atoms with E-state index in [-0.39, 0.29) is 11.8 Å². The van der Waals surface area contributed by atoms with Gasteiger partial charge in [0.15, 0.2) is 0 Å². The summed E-state index contributed by atoms with van der Waals surface area (Å²) in [6.07, 6.45) is 8.19. The van der Waals surface area contributed by atoms with Crippen LogP contribution in [0.3, 0.4) is 0 Å². The van der Waals surface area contributed by atoms with Gasteiger partial charge in [0.25, 0.3) is 0 Å². The van der Waals surface area contributed by atoms with E-state index in [0.717, 1.165) is 71.4 Å². The van der Waals surface area contributed by atoms with Crippen LogP contribution in [0.5, 0.6) is 0 Å². The van der Waals surface area contributed by atoms with Crippen LogP contribution in [-0.4, -0.2) is 53.2 Å². The molecule has 1 saturated heterocycles. The van der Waals surface area contributed by atoms with E-state index >= 15 is 0 Å². The van der Waals surface area contributed by atoms with E-state index in [2.05, 4.69) is 60.0 Å². The van der Waals surface area contributed by atoms with Gasteiger partial charge in [0.1, 0.15) is 0 Å². The number of likely N-dealkylation sites (tertiary alicyclic amines) is 1. The Kier molecular flexibility index (Phi) is 8.45. The number of amides is 1. The van der Waals surface area contributed by atoms with Crippen molar-refractivity contribution in [3.63, 3.8) is 0 Å². The number of rotatable bonds is 9. The number of piperidine rings is 1. The minimum Gasteiger partial charge on any atom is -0.355 e. The van der Waals surface area contributed by atoms with Gasteiger partial charge in [-0.3, -0.25) is 19.7 Å². The molecule has 3 atom stereocenters. The summed E-state index contributed by atoms with van der Waals surface area (Å²) < 4.78 is 1.28. The zero-order valence-corrected chi connectivity index (χ0v) is 21.8. The highest BCUT2D eigenvalue weighted by atomic mass is 32.1. The molecule has 1 N–H and O–H groups in total. The predicted molar refractivity (Wildman–Crippen MR) is 142 cm³/mol. The van der Waals surface area contributed by atoms with Gasteiger partial charge in [-0.25, -0.2) is 0 Å². The van der Waals surface area contributed by atoms with Gasteiger partial charge in [-0.15, -0.1) is 19.9 Å². The Hall–Kier alpha value is -1.88. The molecule has 1 fully saturated rings. The molecule has 4 rings (SSSR count). The summed E-state index contributed by atoms with van der Waals surface area (Å²) in [6.45, 7) is 10.2. The lowest BCUT2D eigenvalue weighted by molar-refractivity contribution is -0.126. The number of fused-ring (bicyclic) bond motifs is 1. The van der Waals surface area contributed by atoms with E-state index in [1.54, 1.807) is 11.3 Å². The first-order valence-corrected chi connectivity index (χ1v) is 14.6. The fourth-order valence-electron chi connectivity index (χ4n) is 4.48. The number of aromatic nitrogens is 2. The Labute approximate surface area is 203 Å². The molecule has 0 spiro atoms. The molecule has 1 aliphatic heterocycles. The maximum absolute atomic E-state index is 12.5. The average Bonchev–Trinajstić information content (AvgIpc) is 3.29. The highest BCUT2D eigenvalue weighted by Crippen LogP contribution is 2.36. The van der Waals surface area contributed by atoms with Crippen LogP contribution in [0.1, 0.15) is 50.2 Å². The summed E-state index contributed by atoms with van der Waals surface area (Å²) in [5.74, 6) is 0.860. The second kappa shape index (κ2) is 11.5. The Balaban J connectivity index is 1.41. The quantitative estimate of drug-likeness (QED) is 0.323. The van der Waals surface area contributed by atoms with Gasteiger partial charge in [0.2, 0.25) is 5.91 Å². The van der Waals surface area contributed by atoms with Crippen LogP contribution in [-0.2, 0) is 11.3 Å². The topological polar surface area (TPSA) is 58.1 Å². The Morgan fingerprint density at radius 2 is 2.21 bits per heavy atom. The molecule has 2 unspecified atom stereocenters. The first-order chi connectivity index (χ1) is 16.1. The maximum Gasteiger partial charge on any atom is 0.224 e. The van der Waals surface area contributed by atoms with E-state index in [0.29, 0.717) is 5.92 Å². The molecule has 7 heteroatoms. The molecule has 3 aromatic rings. The molecule has 176 valence electrons. The van der Waals surface area contributed by atoms with Gasteiger partial charge >= 0.3 is 0 Å². The van der Waals surface area contributed by atoms with E-state index in [1.165, 1.54) is 20.7 Å². The van der Waals surface area contributed by atoms with Crippen LogP contribution in [0, 0.1) is 5.92 Å². The Bertz CT molecular complexity index is 1070. The largest absolute Gasteiger partial charge is 0.355 e. The standard InChI is InChI=1S/C26H35N4OPS/c1-4-18(2)21-9-10-27-23-14-24(33-25(21)23)22-8-7-19(15-29-22)16-30-12-5-6-20(17-30)26(31)28-11-13-32-3/h7-10,14-15,18,20,32H,4-6,11-13,16-17H2,1-3H3,(H,28,31)/t18?,20-/m0/s1. The minimum atomic E-state index is 0.108. The fourth-order valence-corrected chi connectivity index (χ4v) is 6.08. The van der Waals surface area contributed by atoms with Crippen LogP contribution in [0.15, 0.2) is 36.7 Å². The number of hydrogen-bond acceptors (Lipinski definition) is 5. The molecule has 0 saturated carbocycles. The number of carbonyl (C=O) groups excluding carboxylic acids is 1. The van der Waals surface area contributed by atoms with Crippen LogP contribution in [0.2, 0.25) is 0 Å². The van der Waals surface area contributed by atoms with Gasteiger partial charge in [-0.2, -0.15) is 0 Å². The van der Waals surface area contributed by atoms with Crippen LogP contribution in [0.4, 0.5) is 0 Å². The van der Waals surface area contributed by atoms with Crippen molar-refractivity contribution in [3.8, 4) is 10.6 Å². The first kappa shape index (κ1) is 24.3. The molecule has 1 aliphatic rings. The number of carbonyl (C=O) groups is 1. The number of hydrogen-bond donors (Lipinski definition) is 1. The molecule has 4 heterocycles. The molecule has 0 radical (unpaired) electrons. The normalized spacial score (nSPS) is 18.2. The lowest BCUT2D eigenvalue weighted by Gasteiger charge is -2.32. The van der Waals surface area contributed by atoms with E-state index < -0.39 is 0 Å². The highest BCUT2D eigenvalue weighted by Gasteiger charge is 2.25. The molecule has 3 aromatic heterocycles. The van der Waals surface area contributed by atoms with Crippen molar-refractivity contribution in [1.82, 2.24) is 20.2 Å². The summed E-state index contributed by atoms with van der Waals surface area (Å²) >= 11 is 1.79. The van der Waals surface area contributed by atoms with Crippen molar-refractivity contribution in [2.45, 2.75) is 45.6 Å². The number of nitrogens with one attached hydrogen (secondary N) is 1. The number of nitrogens with zero attached hydrogens (tertiary/aromatic N) is 3. The summed E-state index contributed by atoms with van der Waals surface area (Å²) in [5, 5.41) is 3.11. The zero-order chi connectivity index (χ0) is 23.2. The average molecular weight is 483 g/mol. The molecular formula is C26H35N4OPS. The summed E-state index contributed by atoms with van der Waals surface area (Å²) in [6, 6.07) is 8.63. The van der Waals surface area contributed by atoms with Gasteiger partial charge < -0.3 is 5.32 Å². The molecule has 1 amide bonds. The summed E-state index contributed by atoms with van der Waals surface area (Å²) in [7, 11) is 0.891. The summed E-state index contributed by atoms with van der Waals surface area (Å²) in [4.78, 5) is 25.4. The van der Waals surface area contributed by atoms with Crippen LogP contribution in [0.25, 0.3) is 20.8 Å². The fraction of sp³-hybridized carbons (Fsp3) is 0.500. The summed E-state index contributed by atoms with van der Waals surface area (Å²) in [5.41, 5.74) is 4.65.